The molecule has 0 atom stereocenters. The molecule has 0 saturated carbocycles. The van der Waals surface area contributed by atoms with Crippen LogP contribution < -0.4 is 9.47 Å². The number of carbonyl (C=O) groups is 1. The number of carboxylic acids is 1. The number of nitrogens with zero attached hydrogens (tertiary/aromatic N) is 1. The smallest absolute Gasteiger partial charge is 0.402 e. The molecule has 0 aliphatic carbocycles. The zero-order valence-electron chi connectivity index (χ0n) is 6.65. The van der Waals surface area contributed by atoms with Crippen molar-refractivity contribution in [3.05, 3.63) is 27.6 Å². The summed E-state index contributed by atoms with van der Waals surface area (Å²) in [6.07, 6.45) is 0. The molecule has 0 radical (unpaired) electrons. The Morgan fingerprint density at radius 1 is 1.69 bits per heavy atom. The molecule has 1 aromatic rings. The first-order valence-corrected chi connectivity index (χ1v) is 4.06. The number of aromatic carboxylic acids is 1. The fourth-order valence-corrected chi connectivity index (χ4v) is 1.29. The molecule has 70 valence electrons. The highest BCUT2D eigenvalue weighted by atomic mass is 79.9. The third-order valence-electron chi connectivity index (χ3n) is 1.43. The highest BCUT2D eigenvalue weighted by Crippen LogP contribution is 2.20. The van der Waals surface area contributed by atoms with Gasteiger partial charge in [-0.25, -0.2) is 4.79 Å². The maximum absolute atomic E-state index is 11.2. The standard InChI is InChI=1S/C7H6BrNO4/c1-13-5-3-2-4(7(10)11)9(12)6(5)8/h2-3H,1H3,(H,10,11). The Kier molecular flexibility index (Phi) is 2.72. The van der Waals surface area contributed by atoms with Gasteiger partial charge in [-0.1, -0.05) is 0 Å². The van der Waals surface area contributed by atoms with E-state index in [0.717, 1.165) is 0 Å². The van der Waals surface area contributed by atoms with Crippen LogP contribution in [0.3, 0.4) is 0 Å². The van der Waals surface area contributed by atoms with Gasteiger partial charge in [-0.15, -0.1) is 4.73 Å². The van der Waals surface area contributed by atoms with Gasteiger partial charge < -0.3 is 15.1 Å². The van der Waals surface area contributed by atoms with Gasteiger partial charge in [0.1, 0.15) is 0 Å². The van der Waals surface area contributed by atoms with Gasteiger partial charge in [0.05, 0.1) is 7.11 Å². The number of ether oxygens (including phenoxy) is 1. The molecule has 0 saturated heterocycles. The second-order valence-electron chi connectivity index (χ2n) is 2.18. The Balaban J connectivity index is 3.31. The molecule has 1 aromatic heterocycles. The highest BCUT2D eigenvalue weighted by Gasteiger charge is 2.20. The van der Waals surface area contributed by atoms with Crippen LogP contribution >= 0.6 is 15.9 Å². The largest absolute Gasteiger partial charge is 0.617 e. The topological polar surface area (TPSA) is 73.5 Å². The average molecular weight is 248 g/mol. The van der Waals surface area contributed by atoms with E-state index in [-0.39, 0.29) is 15.0 Å². The van der Waals surface area contributed by atoms with Gasteiger partial charge in [0.2, 0.25) is 0 Å². The monoisotopic (exact) mass is 247 g/mol. The number of hydrogen-bond donors (Lipinski definition) is 1. The Labute approximate surface area is 82.3 Å². The Bertz CT molecular complexity index is 353. The molecule has 0 aliphatic heterocycles. The lowest BCUT2D eigenvalue weighted by Crippen LogP contribution is -2.36. The fourth-order valence-electron chi connectivity index (χ4n) is 0.807. The summed E-state index contributed by atoms with van der Waals surface area (Å²) in [7, 11) is 1.39. The van der Waals surface area contributed by atoms with Gasteiger partial charge in [-0.05, 0) is 6.07 Å². The third kappa shape index (κ3) is 1.72. The minimum atomic E-state index is -1.28. The molecule has 6 heteroatoms. The number of hydrogen-bond acceptors (Lipinski definition) is 3. The zero-order chi connectivity index (χ0) is 10.0. The summed E-state index contributed by atoms with van der Waals surface area (Å²) in [6, 6.07) is 2.58. The third-order valence-corrected chi connectivity index (χ3v) is 2.14. The number of carboxylic acid groups (broad SMARTS) is 1. The van der Waals surface area contributed by atoms with Crippen molar-refractivity contribution >= 4 is 21.9 Å². The number of halogens is 1. The molecule has 5 nitrogen and oxygen atoms in total. The number of aromatic nitrogens is 1. The molecule has 1 N–H and O–H groups in total. The lowest BCUT2D eigenvalue weighted by Gasteiger charge is -2.05. The second-order valence-corrected chi connectivity index (χ2v) is 2.93. The van der Waals surface area contributed by atoms with Crippen LogP contribution in [0.1, 0.15) is 10.5 Å². The first kappa shape index (κ1) is 9.79. The van der Waals surface area contributed by atoms with Crippen LogP contribution in [0, 0.1) is 5.21 Å². The van der Waals surface area contributed by atoms with Gasteiger partial charge in [-0.2, -0.15) is 0 Å². The van der Waals surface area contributed by atoms with Crippen LogP contribution in [-0.4, -0.2) is 18.2 Å². The fraction of sp³-hybridized carbons (Fsp3) is 0.143. The summed E-state index contributed by atoms with van der Waals surface area (Å²) in [6.45, 7) is 0. The van der Waals surface area contributed by atoms with E-state index in [0.29, 0.717) is 5.75 Å². The molecule has 0 fully saturated rings. The van der Waals surface area contributed by atoms with E-state index >= 15 is 0 Å². The molecule has 0 aliphatic rings. The van der Waals surface area contributed by atoms with Crippen LogP contribution in [0.5, 0.6) is 5.75 Å². The summed E-state index contributed by atoms with van der Waals surface area (Å²) in [5, 5.41) is 19.8. The summed E-state index contributed by atoms with van der Waals surface area (Å²) >= 11 is 2.92. The summed E-state index contributed by atoms with van der Waals surface area (Å²) in [4.78, 5) is 10.5. The van der Waals surface area contributed by atoms with Gasteiger partial charge in [-0.3, -0.25) is 0 Å². The van der Waals surface area contributed by atoms with Crippen molar-refractivity contribution in [3.8, 4) is 5.75 Å². The van der Waals surface area contributed by atoms with E-state index < -0.39 is 5.97 Å². The van der Waals surface area contributed by atoms with Crippen LogP contribution in [0.2, 0.25) is 0 Å². The Morgan fingerprint density at radius 2 is 2.31 bits per heavy atom. The molecule has 0 aromatic carbocycles. The van der Waals surface area contributed by atoms with Crippen molar-refractivity contribution in [1.29, 1.82) is 0 Å². The van der Waals surface area contributed by atoms with Crippen molar-refractivity contribution in [1.82, 2.24) is 0 Å². The minimum Gasteiger partial charge on any atom is -0.617 e. The maximum atomic E-state index is 11.2. The van der Waals surface area contributed by atoms with Gasteiger partial charge in [0.15, 0.2) is 5.75 Å². The van der Waals surface area contributed by atoms with E-state index in [1.165, 1.54) is 19.2 Å². The predicted octanol–water partition coefficient (Wildman–Crippen LogP) is 0.789. The molecule has 1 rings (SSSR count). The summed E-state index contributed by atoms with van der Waals surface area (Å²) < 4.78 is 5.10. The van der Waals surface area contributed by atoms with Gasteiger partial charge in [0, 0.05) is 22.0 Å². The van der Waals surface area contributed by atoms with E-state index in [1.54, 1.807) is 0 Å². The number of rotatable bonds is 2. The molecular weight excluding hydrogens is 242 g/mol. The maximum Gasteiger partial charge on any atom is 0.402 e. The van der Waals surface area contributed by atoms with Crippen LogP contribution in [0.4, 0.5) is 0 Å². The minimum absolute atomic E-state index is 0.0508. The first-order chi connectivity index (χ1) is 6.07. The summed E-state index contributed by atoms with van der Waals surface area (Å²) in [5.74, 6) is -0.988. The lowest BCUT2D eigenvalue weighted by molar-refractivity contribution is -0.620. The molecule has 0 amide bonds. The normalized spacial score (nSPS) is 9.69. The van der Waals surface area contributed by atoms with Crippen LogP contribution in [0.15, 0.2) is 16.7 Å². The SMILES string of the molecule is COc1ccc(C(=O)O)[n+]([O-])c1Br. The predicted molar refractivity (Wildman–Crippen MR) is 46.6 cm³/mol. The number of pyridine rings is 1. The van der Waals surface area contributed by atoms with E-state index in [2.05, 4.69) is 15.9 Å². The highest BCUT2D eigenvalue weighted by molar-refractivity contribution is 9.10. The summed E-state index contributed by atoms with van der Waals surface area (Å²) in [5.41, 5.74) is -0.354. The Morgan fingerprint density at radius 3 is 2.77 bits per heavy atom. The number of methoxy groups -OCH3 is 1. The van der Waals surface area contributed by atoms with Gasteiger partial charge in [0.25, 0.3) is 0 Å². The molecule has 1 heterocycles. The quantitative estimate of drug-likeness (QED) is 0.477. The van der Waals surface area contributed by atoms with Crippen molar-refractivity contribution in [3.63, 3.8) is 0 Å². The molecule has 0 spiro atoms. The van der Waals surface area contributed by atoms with E-state index in [9.17, 15) is 10.0 Å². The average Bonchev–Trinajstić information content (AvgIpc) is 2.09. The van der Waals surface area contributed by atoms with Crippen molar-refractivity contribution in [2.24, 2.45) is 0 Å². The van der Waals surface area contributed by atoms with Gasteiger partial charge >= 0.3 is 16.3 Å². The van der Waals surface area contributed by atoms with Crippen LogP contribution in [-0.2, 0) is 0 Å². The first-order valence-electron chi connectivity index (χ1n) is 3.27. The van der Waals surface area contributed by atoms with Crippen molar-refractivity contribution in [2.75, 3.05) is 7.11 Å². The van der Waals surface area contributed by atoms with E-state index in [4.69, 9.17) is 9.84 Å². The Hall–Kier alpha value is -1.30. The molecule has 0 unspecified atom stereocenters. The van der Waals surface area contributed by atoms with Crippen molar-refractivity contribution in [2.45, 2.75) is 0 Å². The molecular formula is C7H6BrNO4. The van der Waals surface area contributed by atoms with E-state index in [1.807, 2.05) is 0 Å². The molecule has 13 heavy (non-hydrogen) atoms. The van der Waals surface area contributed by atoms with Crippen molar-refractivity contribution < 1.29 is 19.4 Å². The van der Waals surface area contributed by atoms with Crippen LogP contribution in [0.25, 0.3) is 0 Å². The zero-order valence-corrected chi connectivity index (χ0v) is 8.24. The second kappa shape index (κ2) is 3.61. The lowest BCUT2D eigenvalue weighted by atomic mass is 10.3. The molecule has 0 bridgehead atoms.